The predicted molar refractivity (Wildman–Crippen MR) is 91.3 cm³/mol. The van der Waals surface area contributed by atoms with Gasteiger partial charge in [0.25, 0.3) is 0 Å². The van der Waals surface area contributed by atoms with Gasteiger partial charge in [0.15, 0.2) is 0 Å². The highest BCUT2D eigenvalue weighted by molar-refractivity contribution is 5.85. The van der Waals surface area contributed by atoms with Crippen LogP contribution >= 0.6 is 12.4 Å². The van der Waals surface area contributed by atoms with Crippen LogP contribution in [0.25, 0.3) is 0 Å². The van der Waals surface area contributed by atoms with Gasteiger partial charge < -0.3 is 15.8 Å². The molecule has 126 valence electrons. The van der Waals surface area contributed by atoms with Crippen LogP contribution < -0.4 is 11.1 Å². The number of methoxy groups -OCH3 is 1. The van der Waals surface area contributed by atoms with Crippen LogP contribution in [0.4, 0.5) is 0 Å². The van der Waals surface area contributed by atoms with Crippen LogP contribution in [-0.4, -0.2) is 35.4 Å². The molecule has 0 spiro atoms. The molecule has 0 radical (unpaired) electrons. The van der Waals surface area contributed by atoms with Crippen LogP contribution in [0, 0.1) is 0 Å². The Labute approximate surface area is 142 Å². The van der Waals surface area contributed by atoms with Crippen LogP contribution in [0.3, 0.4) is 0 Å². The Morgan fingerprint density at radius 3 is 2.70 bits per heavy atom. The highest BCUT2D eigenvalue weighted by Crippen LogP contribution is 2.10. The first kappa shape index (κ1) is 19.2. The number of ether oxygens (including phenoxy) is 1. The van der Waals surface area contributed by atoms with Gasteiger partial charge in [-0.3, -0.25) is 9.48 Å². The molecule has 2 aromatic rings. The monoisotopic (exact) mass is 338 g/mol. The lowest BCUT2D eigenvalue weighted by molar-refractivity contribution is -0.123. The number of nitrogens with one attached hydrogen (secondary N) is 1. The molecule has 1 aromatic heterocycles. The Morgan fingerprint density at radius 2 is 2.09 bits per heavy atom. The van der Waals surface area contributed by atoms with E-state index in [4.69, 9.17) is 10.5 Å². The highest BCUT2D eigenvalue weighted by Gasteiger charge is 2.11. The summed E-state index contributed by atoms with van der Waals surface area (Å²) >= 11 is 0. The largest absolute Gasteiger partial charge is 0.380 e. The van der Waals surface area contributed by atoms with E-state index < -0.39 is 0 Å². The molecule has 0 bridgehead atoms. The molecule has 7 heteroatoms. The zero-order valence-corrected chi connectivity index (χ0v) is 14.0. The molecule has 23 heavy (non-hydrogen) atoms. The van der Waals surface area contributed by atoms with Crippen molar-refractivity contribution in [3.8, 4) is 0 Å². The molecule has 6 nitrogen and oxygen atoms in total. The second-order valence-electron chi connectivity index (χ2n) is 5.05. The van der Waals surface area contributed by atoms with Crippen molar-refractivity contribution in [3.63, 3.8) is 0 Å². The fourth-order valence-corrected chi connectivity index (χ4v) is 2.19. The molecule has 0 fully saturated rings. The summed E-state index contributed by atoms with van der Waals surface area (Å²) in [5.41, 5.74) is 7.73. The van der Waals surface area contributed by atoms with Crippen molar-refractivity contribution >= 4 is 18.3 Å². The molecule has 0 saturated carbocycles. The molecular formula is C16H23ClN4O2. The number of nitrogens with two attached hydrogens (primary N) is 1. The maximum absolute atomic E-state index is 11.9. The fourth-order valence-electron chi connectivity index (χ4n) is 2.19. The number of rotatable bonds is 8. The molecule has 0 aliphatic carbocycles. The number of benzene rings is 1. The lowest BCUT2D eigenvalue weighted by Crippen LogP contribution is -2.32. The van der Waals surface area contributed by atoms with Crippen LogP contribution in [0.5, 0.6) is 0 Å². The molecule has 1 aromatic carbocycles. The van der Waals surface area contributed by atoms with Crippen LogP contribution in [0.1, 0.15) is 17.5 Å². The van der Waals surface area contributed by atoms with Gasteiger partial charge in [0, 0.05) is 32.6 Å². The van der Waals surface area contributed by atoms with Crippen molar-refractivity contribution in [2.24, 2.45) is 5.73 Å². The third-order valence-corrected chi connectivity index (χ3v) is 3.50. The van der Waals surface area contributed by atoms with Crippen molar-refractivity contribution in [3.05, 3.63) is 53.9 Å². The fraction of sp³-hybridized carbons (Fsp3) is 0.375. The quantitative estimate of drug-likeness (QED) is 0.761. The maximum Gasteiger partial charge on any atom is 0.222 e. The number of hydrogen-bond donors (Lipinski definition) is 2. The van der Waals surface area contributed by atoms with Gasteiger partial charge in [0.05, 0.1) is 19.1 Å². The predicted octanol–water partition coefficient (Wildman–Crippen LogP) is 1.33. The van der Waals surface area contributed by atoms with Gasteiger partial charge in [-0.1, -0.05) is 24.3 Å². The number of halogens is 1. The molecule has 1 heterocycles. The van der Waals surface area contributed by atoms with E-state index in [0.717, 1.165) is 11.1 Å². The van der Waals surface area contributed by atoms with E-state index in [9.17, 15) is 4.79 Å². The Balaban J connectivity index is 0.00000264. The SMILES string of the molecule is COC(CN)CC(=O)NCc1ccccc1Cn1cccn1.Cl. The smallest absolute Gasteiger partial charge is 0.222 e. The summed E-state index contributed by atoms with van der Waals surface area (Å²) in [6.07, 6.45) is 3.70. The van der Waals surface area contributed by atoms with Gasteiger partial charge in [0.2, 0.25) is 5.91 Å². The van der Waals surface area contributed by atoms with Gasteiger partial charge in [-0.2, -0.15) is 5.10 Å². The lowest BCUT2D eigenvalue weighted by atomic mass is 10.1. The Hall–Kier alpha value is -1.89. The normalized spacial score (nSPS) is 11.6. The molecule has 3 N–H and O–H groups in total. The van der Waals surface area contributed by atoms with Crippen LogP contribution in [0.2, 0.25) is 0 Å². The minimum atomic E-state index is -0.237. The summed E-state index contributed by atoms with van der Waals surface area (Å²) in [5, 5.41) is 7.12. The lowest BCUT2D eigenvalue weighted by Gasteiger charge is -2.14. The Kier molecular flexibility index (Phi) is 8.32. The van der Waals surface area contributed by atoms with Gasteiger partial charge in [0.1, 0.15) is 0 Å². The number of hydrogen-bond acceptors (Lipinski definition) is 4. The molecule has 2 rings (SSSR count). The van der Waals surface area contributed by atoms with Gasteiger partial charge >= 0.3 is 0 Å². The average molecular weight is 339 g/mol. The highest BCUT2D eigenvalue weighted by atomic mass is 35.5. The van der Waals surface area contributed by atoms with E-state index in [1.54, 1.807) is 13.3 Å². The first-order valence-electron chi connectivity index (χ1n) is 7.26. The van der Waals surface area contributed by atoms with E-state index in [-0.39, 0.29) is 30.8 Å². The van der Waals surface area contributed by atoms with Crippen molar-refractivity contribution in [1.82, 2.24) is 15.1 Å². The summed E-state index contributed by atoms with van der Waals surface area (Å²) < 4.78 is 6.98. The van der Waals surface area contributed by atoms with E-state index in [1.165, 1.54) is 0 Å². The van der Waals surface area contributed by atoms with Crippen molar-refractivity contribution in [2.45, 2.75) is 25.6 Å². The van der Waals surface area contributed by atoms with E-state index in [0.29, 0.717) is 19.6 Å². The molecule has 1 amide bonds. The van der Waals surface area contributed by atoms with E-state index >= 15 is 0 Å². The van der Waals surface area contributed by atoms with Crippen molar-refractivity contribution in [1.29, 1.82) is 0 Å². The standard InChI is InChI=1S/C16H22N4O2.ClH/c1-22-15(10-17)9-16(21)18-11-13-5-2-3-6-14(13)12-20-8-4-7-19-20;/h2-8,15H,9-12,17H2,1H3,(H,18,21);1H. The third kappa shape index (κ3) is 6.02. The second kappa shape index (κ2) is 9.99. The van der Waals surface area contributed by atoms with E-state index in [1.807, 2.05) is 41.2 Å². The number of amides is 1. The minimum absolute atomic E-state index is 0. The first-order valence-corrected chi connectivity index (χ1v) is 7.26. The number of aromatic nitrogens is 2. The number of nitrogens with zero attached hydrogens (tertiary/aromatic N) is 2. The summed E-state index contributed by atoms with van der Waals surface area (Å²) in [4.78, 5) is 11.9. The molecule has 0 aliphatic heterocycles. The minimum Gasteiger partial charge on any atom is -0.380 e. The number of carbonyl (C=O) groups is 1. The Morgan fingerprint density at radius 1 is 1.35 bits per heavy atom. The first-order chi connectivity index (χ1) is 10.7. The zero-order chi connectivity index (χ0) is 15.8. The molecule has 0 aliphatic rings. The topological polar surface area (TPSA) is 82.2 Å². The van der Waals surface area contributed by atoms with Crippen LogP contribution in [0.15, 0.2) is 42.7 Å². The zero-order valence-electron chi connectivity index (χ0n) is 13.1. The maximum atomic E-state index is 11.9. The molecule has 1 atom stereocenters. The summed E-state index contributed by atoms with van der Waals surface area (Å²) in [6, 6.07) is 9.89. The van der Waals surface area contributed by atoms with Crippen molar-refractivity contribution in [2.75, 3.05) is 13.7 Å². The van der Waals surface area contributed by atoms with Gasteiger partial charge in [-0.25, -0.2) is 0 Å². The van der Waals surface area contributed by atoms with Gasteiger partial charge in [-0.05, 0) is 17.2 Å². The molecule has 1 unspecified atom stereocenters. The summed E-state index contributed by atoms with van der Waals surface area (Å²) in [7, 11) is 1.56. The third-order valence-electron chi connectivity index (χ3n) is 3.50. The average Bonchev–Trinajstić information content (AvgIpc) is 3.04. The summed E-state index contributed by atoms with van der Waals surface area (Å²) in [5.74, 6) is -0.0637. The molecular weight excluding hydrogens is 316 g/mol. The van der Waals surface area contributed by atoms with Crippen molar-refractivity contribution < 1.29 is 9.53 Å². The van der Waals surface area contributed by atoms with E-state index in [2.05, 4.69) is 10.4 Å². The summed E-state index contributed by atoms with van der Waals surface area (Å²) in [6.45, 7) is 1.50. The Bertz CT molecular complexity index is 586. The number of carbonyl (C=O) groups excluding carboxylic acids is 1. The molecule has 0 saturated heterocycles. The second-order valence-corrected chi connectivity index (χ2v) is 5.05. The van der Waals surface area contributed by atoms with Gasteiger partial charge in [-0.15, -0.1) is 12.4 Å². The van der Waals surface area contributed by atoms with Crippen LogP contribution in [-0.2, 0) is 22.6 Å².